The van der Waals surface area contributed by atoms with Gasteiger partial charge in [0.2, 0.25) is 11.8 Å². The van der Waals surface area contributed by atoms with Gasteiger partial charge in [0.25, 0.3) is 0 Å². The molecule has 1 fully saturated rings. The molecule has 6 heteroatoms. The van der Waals surface area contributed by atoms with Crippen molar-refractivity contribution in [1.29, 1.82) is 0 Å². The molecule has 1 aliphatic heterocycles. The Morgan fingerprint density at radius 1 is 1.38 bits per heavy atom. The van der Waals surface area contributed by atoms with Gasteiger partial charge in [-0.1, -0.05) is 12.1 Å². The lowest BCUT2D eigenvalue weighted by Gasteiger charge is -2.34. The highest BCUT2D eigenvalue weighted by Crippen LogP contribution is 2.08. The van der Waals surface area contributed by atoms with Gasteiger partial charge in [-0.3, -0.25) is 9.59 Å². The Morgan fingerprint density at radius 3 is 2.76 bits per heavy atom. The molecule has 1 saturated heterocycles. The number of nitrogens with one attached hydrogen (secondary N) is 2. The molecule has 1 atom stereocenters. The number of carbonyl (C=O) groups excluding carboxylic acids is 2. The van der Waals surface area contributed by atoms with Gasteiger partial charge in [0.15, 0.2) is 0 Å². The quantitative estimate of drug-likeness (QED) is 0.792. The number of piperazine rings is 1. The number of halogens is 1. The summed E-state index contributed by atoms with van der Waals surface area (Å²) in [7, 11) is 1.55. The number of nitrogens with zero attached hydrogens (tertiary/aromatic N) is 1. The third-order valence-electron chi connectivity index (χ3n) is 3.36. The summed E-state index contributed by atoms with van der Waals surface area (Å²) in [6.45, 7) is 1.57. The zero-order chi connectivity index (χ0) is 15.2. The monoisotopic (exact) mass is 291 g/mol. The number of likely N-dealkylation sites (N-methyl/N-ethyl adjacent to an activating group) is 1. The van der Waals surface area contributed by atoms with E-state index in [-0.39, 0.29) is 17.6 Å². The molecule has 2 N–H and O–H groups in total. The van der Waals surface area contributed by atoms with Gasteiger partial charge in [-0.05, 0) is 23.8 Å². The number of amides is 2. The molecular formula is C15H18FN3O2. The molecule has 21 heavy (non-hydrogen) atoms. The Balaban J connectivity index is 2.06. The molecule has 0 aliphatic carbocycles. The fourth-order valence-electron chi connectivity index (χ4n) is 2.21. The van der Waals surface area contributed by atoms with Gasteiger partial charge < -0.3 is 15.5 Å². The number of carbonyl (C=O) groups is 2. The standard InChI is InChI=1S/C15H18FN3O2/c1-17-15(21)13-10-18-8-9-19(13)14(20)7-4-11-2-5-12(16)6-3-11/h2-7,13,18H,8-10H2,1H3,(H,17,21). The minimum atomic E-state index is -0.505. The molecule has 0 saturated carbocycles. The van der Waals surface area contributed by atoms with Crippen LogP contribution in [0.5, 0.6) is 0 Å². The molecule has 1 heterocycles. The van der Waals surface area contributed by atoms with Gasteiger partial charge in [-0.25, -0.2) is 4.39 Å². The van der Waals surface area contributed by atoms with Crippen LogP contribution in [0.2, 0.25) is 0 Å². The van der Waals surface area contributed by atoms with Gasteiger partial charge in [0.1, 0.15) is 11.9 Å². The number of hydrogen-bond donors (Lipinski definition) is 2. The Morgan fingerprint density at radius 2 is 2.10 bits per heavy atom. The molecule has 0 radical (unpaired) electrons. The van der Waals surface area contributed by atoms with Crippen molar-refractivity contribution in [3.63, 3.8) is 0 Å². The summed E-state index contributed by atoms with van der Waals surface area (Å²) in [5.74, 6) is -0.736. The molecule has 1 aromatic carbocycles. The lowest BCUT2D eigenvalue weighted by molar-refractivity contribution is -0.137. The maximum atomic E-state index is 12.8. The summed E-state index contributed by atoms with van der Waals surface area (Å²) in [5.41, 5.74) is 0.733. The molecule has 2 amide bonds. The summed E-state index contributed by atoms with van der Waals surface area (Å²) < 4.78 is 12.8. The number of rotatable bonds is 3. The van der Waals surface area contributed by atoms with Crippen LogP contribution in [0.25, 0.3) is 6.08 Å². The Labute approximate surface area is 122 Å². The highest BCUT2D eigenvalue weighted by Gasteiger charge is 2.30. The maximum Gasteiger partial charge on any atom is 0.247 e. The van der Waals surface area contributed by atoms with Crippen molar-refractivity contribution in [2.75, 3.05) is 26.7 Å². The highest BCUT2D eigenvalue weighted by molar-refractivity contribution is 5.95. The molecule has 1 aliphatic rings. The zero-order valence-corrected chi connectivity index (χ0v) is 11.8. The topological polar surface area (TPSA) is 61.4 Å². The second-order valence-corrected chi connectivity index (χ2v) is 4.75. The molecule has 0 spiro atoms. The van der Waals surface area contributed by atoms with E-state index in [9.17, 15) is 14.0 Å². The molecule has 112 valence electrons. The van der Waals surface area contributed by atoms with E-state index in [1.807, 2.05) is 0 Å². The predicted molar refractivity (Wildman–Crippen MR) is 77.9 cm³/mol. The number of benzene rings is 1. The van der Waals surface area contributed by atoms with Crippen molar-refractivity contribution in [3.8, 4) is 0 Å². The molecule has 2 rings (SSSR count). The summed E-state index contributed by atoms with van der Waals surface area (Å²) >= 11 is 0. The molecular weight excluding hydrogens is 273 g/mol. The molecule has 1 aromatic rings. The third-order valence-corrected chi connectivity index (χ3v) is 3.36. The van der Waals surface area contributed by atoms with Crippen LogP contribution in [-0.2, 0) is 9.59 Å². The van der Waals surface area contributed by atoms with Crippen LogP contribution in [0.3, 0.4) is 0 Å². The SMILES string of the molecule is CNC(=O)C1CNCCN1C(=O)C=Cc1ccc(F)cc1. The van der Waals surface area contributed by atoms with Gasteiger partial charge >= 0.3 is 0 Å². The Kier molecular flexibility index (Phi) is 5.05. The van der Waals surface area contributed by atoms with E-state index in [0.717, 1.165) is 5.56 Å². The Bertz CT molecular complexity index is 542. The summed E-state index contributed by atoms with van der Waals surface area (Å²) in [4.78, 5) is 25.5. The highest BCUT2D eigenvalue weighted by atomic mass is 19.1. The van der Waals surface area contributed by atoms with Crippen molar-refractivity contribution in [2.45, 2.75) is 6.04 Å². The van der Waals surface area contributed by atoms with Crippen LogP contribution in [0, 0.1) is 5.82 Å². The van der Waals surface area contributed by atoms with Crippen LogP contribution in [0.15, 0.2) is 30.3 Å². The van der Waals surface area contributed by atoms with E-state index in [1.165, 1.54) is 23.1 Å². The van der Waals surface area contributed by atoms with Crippen LogP contribution < -0.4 is 10.6 Å². The maximum absolute atomic E-state index is 12.8. The second kappa shape index (κ2) is 6.99. The average Bonchev–Trinajstić information content (AvgIpc) is 2.53. The van der Waals surface area contributed by atoms with Gasteiger partial charge in [0, 0.05) is 32.8 Å². The van der Waals surface area contributed by atoms with Gasteiger partial charge in [0.05, 0.1) is 0 Å². The molecule has 5 nitrogen and oxygen atoms in total. The van der Waals surface area contributed by atoms with Crippen molar-refractivity contribution < 1.29 is 14.0 Å². The summed E-state index contributed by atoms with van der Waals surface area (Å²) in [5, 5.41) is 5.66. The summed E-state index contributed by atoms with van der Waals surface area (Å²) in [6.07, 6.45) is 3.03. The average molecular weight is 291 g/mol. The van der Waals surface area contributed by atoms with Gasteiger partial charge in [-0.2, -0.15) is 0 Å². The van der Waals surface area contributed by atoms with Crippen molar-refractivity contribution in [2.24, 2.45) is 0 Å². The van der Waals surface area contributed by atoms with Crippen molar-refractivity contribution in [3.05, 3.63) is 41.7 Å². The normalized spacial score (nSPS) is 18.8. The van der Waals surface area contributed by atoms with E-state index in [4.69, 9.17) is 0 Å². The van der Waals surface area contributed by atoms with Gasteiger partial charge in [-0.15, -0.1) is 0 Å². The minimum Gasteiger partial charge on any atom is -0.357 e. The smallest absolute Gasteiger partial charge is 0.247 e. The summed E-state index contributed by atoms with van der Waals surface area (Å²) in [6, 6.07) is 5.35. The fraction of sp³-hybridized carbons (Fsp3) is 0.333. The first-order valence-corrected chi connectivity index (χ1v) is 6.78. The minimum absolute atomic E-state index is 0.189. The molecule has 1 unspecified atom stereocenters. The van der Waals surface area contributed by atoms with E-state index in [1.54, 1.807) is 25.3 Å². The van der Waals surface area contributed by atoms with E-state index in [0.29, 0.717) is 19.6 Å². The first-order valence-electron chi connectivity index (χ1n) is 6.78. The van der Waals surface area contributed by atoms with Crippen LogP contribution in [-0.4, -0.2) is 49.4 Å². The lowest BCUT2D eigenvalue weighted by atomic mass is 10.1. The predicted octanol–water partition coefficient (Wildman–Crippen LogP) is 0.385. The molecule has 0 aromatic heterocycles. The van der Waals surface area contributed by atoms with E-state index < -0.39 is 6.04 Å². The first-order chi connectivity index (χ1) is 10.1. The first kappa shape index (κ1) is 15.2. The number of hydrogen-bond acceptors (Lipinski definition) is 3. The Hall–Kier alpha value is -2.21. The second-order valence-electron chi connectivity index (χ2n) is 4.75. The van der Waals surface area contributed by atoms with E-state index in [2.05, 4.69) is 10.6 Å². The van der Waals surface area contributed by atoms with Crippen LogP contribution in [0.4, 0.5) is 4.39 Å². The zero-order valence-electron chi connectivity index (χ0n) is 11.8. The lowest BCUT2D eigenvalue weighted by Crippen LogP contribution is -2.58. The largest absolute Gasteiger partial charge is 0.357 e. The molecule has 0 bridgehead atoms. The van der Waals surface area contributed by atoms with Crippen molar-refractivity contribution in [1.82, 2.24) is 15.5 Å². The van der Waals surface area contributed by atoms with Crippen LogP contribution >= 0.6 is 0 Å². The van der Waals surface area contributed by atoms with Crippen molar-refractivity contribution >= 4 is 17.9 Å². The fourth-order valence-corrected chi connectivity index (χ4v) is 2.21. The van der Waals surface area contributed by atoms with Crippen LogP contribution in [0.1, 0.15) is 5.56 Å². The van der Waals surface area contributed by atoms with E-state index >= 15 is 0 Å². The third kappa shape index (κ3) is 3.88.